The Hall–Kier alpha value is -3.56. The Labute approximate surface area is 222 Å². The fraction of sp³-hybridized carbons (Fsp3) is 0.161. The van der Waals surface area contributed by atoms with E-state index in [1.165, 1.54) is 5.56 Å². The molecule has 0 bridgehead atoms. The van der Waals surface area contributed by atoms with Crippen LogP contribution >= 0.6 is 0 Å². The number of hydrogen-bond donors (Lipinski definition) is 0. The van der Waals surface area contributed by atoms with Crippen molar-refractivity contribution in [2.75, 3.05) is 0 Å². The molecule has 0 saturated carbocycles. The van der Waals surface area contributed by atoms with Crippen molar-refractivity contribution in [2.24, 2.45) is 0 Å². The number of aryl methyl sites for hydroxylation is 1. The third-order valence-corrected chi connectivity index (χ3v) is 7.20. The number of pyridine rings is 1. The Morgan fingerprint density at radius 1 is 1.06 bits per heavy atom. The van der Waals surface area contributed by atoms with Crippen LogP contribution in [0.2, 0.25) is 0 Å². The quantitative estimate of drug-likeness (QED) is 0.138. The predicted molar refractivity (Wildman–Crippen MR) is 141 cm³/mol. The summed E-state index contributed by atoms with van der Waals surface area (Å²) in [6, 6.07) is 31.5. The van der Waals surface area contributed by atoms with Gasteiger partial charge in [-0.1, -0.05) is 43.3 Å². The molecule has 3 aromatic heterocycles. The van der Waals surface area contributed by atoms with Crippen molar-refractivity contribution in [1.29, 1.82) is 0 Å². The summed E-state index contributed by atoms with van der Waals surface area (Å²) in [5.41, 5.74) is 7.31. The molecule has 0 aliphatic heterocycles. The van der Waals surface area contributed by atoms with Crippen LogP contribution in [0.1, 0.15) is 36.9 Å². The normalized spacial score (nSPS) is 15.2. The topological polar surface area (TPSA) is 53.3 Å². The van der Waals surface area contributed by atoms with Crippen molar-refractivity contribution in [1.82, 2.24) is 9.55 Å². The molecule has 5 heteroatoms. The van der Waals surface area contributed by atoms with Crippen LogP contribution in [0.15, 0.2) is 77.2 Å². The molecule has 1 unspecified atom stereocenters. The molecule has 1 atom stereocenters. The van der Waals surface area contributed by atoms with Crippen LogP contribution < -0.4 is 0 Å². The summed E-state index contributed by atoms with van der Waals surface area (Å²) >= 11 is 0. The van der Waals surface area contributed by atoms with Gasteiger partial charge >= 0.3 is 0 Å². The zero-order chi connectivity index (χ0) is 23.5. The van der Waals surface area contributed by atoms with Gasteiger partial charge < -0.3 is 9.83 Å². The first-order valence-electron chi connectivity index (χ1n) is 12.1. The van der Waals surface area contributed by atoms with E-state index in [1.54, 1.807) is 6.92 Å². The first-order valence-corrected chi connectivity index (χ1v) is 12.1. The number of nitrogens with zero attached hydrogens (tertiary/aromatic N) is 3. The van der Waals surface area contributed by atoms with Gasteiger partial charge in [-0.2, -0.15) is 5.71 Å². The third-order valence-electron chi connectivity index (χ3n) is 7.20. The van der Waals surface area contributed by atoms with Crippen molar-refractivity contribution in [3.8, 4) is 17.0 Å². The van der Waals surface area contributed by atoms with Gasteiger partial charge in [0.05, 0.1) is 11.2 Å². The van der Waals surface area contributed by atoms with Crippen LogP contribution in [0.5, 0.6) is 0 Å². The van der Waals surface area contributed by atoms with Gasteiger partial charge in [-0.05, 0) is 37.0 Å². The molecule has 7 rings (SSSR count). The molecule has 3 heterocycles. The molecule has 0 spiro atoms. The average Bonchev–Trinajstić information content (AvgIpc) is 3.46. The summed E-state index contributed by atoms with van der Waals surface area (Å²) in [6.45, 7) is 1.79. The minimum absolute atomic E-state index is 0. The summed E-state index contributed by atoms with van der Waals surface area (Å²) in [7, 11) is 0. The van der Waals surface area contributed by atoms with E-state index in [9.17, 15) is 5.41 Å². The average molecular weight is 518 g/mol. The van der Waals surface area contributed by atoms with Gasteiger partial charge in [-0.15, -0.1) is 52.9 Å². The molecule has 0 saturated heterocycles. The maximum atomic E-state index is 10.4. The van der Waals surface area contributed by atoms with Crippen LogP contribution in [-0.4, -0.2) is 15.3 Å². The van der Waals surface area contributed by atoms with Gasteiger partial charge in [-0.25, -0.2) is 4.98 Å². The Kier molecular flexibility index (Phi) is 5.61. The van der Waals surface area contributed by atoms with Crippen molar-refractivity contribution < 1.29 is 23.9 Å². The van der Waals surface area contributed by atoms with E-state index in [0.29, 0.717) is 11.6 Å². The standard InChI is InChI=1S/C31H22N3O.Zn/c1-19(32)22-13-7-11-21-17-26-24-12-5-6-15-27(24)34(31(26)33-30(21)22)29-18-25-23(14-8-16-28(25)35-29)20-9-3-2-4-10-20;/h2-6,8-9,12,14-17,22H,7,11,13H2,1H3;/q-3;. The van der Waals surface area contributed by atoms with E-state index in [1.807, 2.05) is 36.4 Å². The van der Waals surface area contributed by atoms with Crippen LogP contribution in [0, 0.1) is 12.1 Å². The summed E-state index contributed by atoms with van der Waals surface area (Å²) in [5, 5.41) is 13.6. The number of hydrogen-bond acceptors (Lipinski definition) is 2. The van der Waals surface area contributed by atoms with E-state index < -0.39 is 0 Å². The molecule has 0 amide bonds. The molecule has 36 heavy (non-hydrogen) atoms. The molecule has 1 aliphatic rings. The molecule has 172 valence electrons. The number of fused-ring (bicyclic) bond motifs is 5. The second-order valence-electron chi connectivity index (χ2n) is 9.33. The van der Waals surface area contributed by atoms with E-state index in [0.717, 1.165) is 69.0 Å². The second kappa shape index (κ2) is 8.83. The van der Waals surface area contributed by atoms with Gasteiger partial charge in [0.15, 0.2) is 0 Å². The minimum atomic E-state index is -0.0329. The Bertz CT molecular complexity index is 1760. The van der Waals surface area contributed by atoms with Gasteiger partial charge in [0, 0.05) is 41.8 Å². The second-order valence-corrected chi connectivity index (χ2v) is 9.33. The Balaban J connectivity index is 0.00000240. The molecule has 1 aliphatic carbocycles. The maximum absolute atomic E-state index is 10.4. The number of para-hydroxylation sites is 1. The molecule has 3 aromatic carbocycles. The fourth-order valence-corrected chi connectivity index (χ4v) is 5.55. The van der Waals surface area contributed by atoms with Crippen molar-refractivity contribution in [3.05, 3.63) is 102 Å². The van der Waals surface area contributed by atoms with Crippen molar-refractivity contribution in [3.63, 3.8) is 0 Å². The van der Waals surface area contributed by atoms with E-state index >= 15 is 0 Å². The van der Waals surface area contributed by atoms with Gasteiger partial charge in [-0.3, -0.25) is 4.57 Å². The predicted octanol–water partition coefficient (Wildman–Crippen LogP) is 7.64. The maximum Gasteiger partial charge on any atom is 0.147 e. The number of rotatable bonds is 3. The fourth-order valence-electron chi connectivity index (χ4n) is 5.55. The van der Waals surface area contributed by atoms with E-state index in [-0.39, 0.29) is 25.4 Å². The van der Waals surface area contributed by atoms with Crippen LogP contribution in [0.25, 0.3) is 55.3 Å². The zero-order valence-electron chi connectivity index (χ0n) is 20.1. The van der Waals surface area contributed by atoms with E-state index in [2.05, 4.69) is 53.1 Å². The Morgan fingerprint density at radius 3 is 2.75 bits per heavy atom. The molecule has 4 nitrogen and oxygen atoms in total. The summed E-state index contributed by atoms with van der Waals surface area (Å²) in [6.07, 6.45) is 2.95. The van der Waals surface area contributed by atoms with E-state index in [4.69, 9.17) is 9.40 Å². The molecule has 0 fully saturated rings. The SMILES string of the molecule is CC(=[N-])C1CCCc2cc3c4ccccc4n(-c4[c-]c5c(-c6[c-]cccc6)cccc5o4)c3nc21.[Zn]. The summed E-state index contributed by atoms with van der Waals surface area (Å²) in [4.78, 5) is 5.18. The van der Waals surface area contributed by atoms with Crippen molar-refractivity contribution >= 4 is 38.6 Å². The van der Waals surface area contributed by atoms with Crippen LogP contribution in [0.3, 0.4) is 0 Å². The number of benzene rings is 3. The molecule has 0 radical (unpaired) electrons. The first-order chi connectivity index (χ1) is 17.2. The zero-order valence-corrected chi connectivity index (χ0v) is 23.1. The largest absolute Gasteiger partial charge is 0.811 e. The molecule has 0 N–H and O–H groups in total. The van der Waals surface area contributed by atoms with Crippen molar-refractivity contribution in [2.45, 2.75) is 32.1 Å². The first kappa shape index (κ1) is 22.9. The monoisotopic (exact) mass is 516 g/mol. The van der Waals surface area contributed by atoms with Crippen LogP contribution in [0.4, 0.5) is 0 Å². The molecular formula is C31H22N3OZn-3. The Morgan fingerprint density at radius 2 is 1.92 bits per heavy atom. The number of aromatic nitrogens is 2. The smallest absolute Gasteiger partial charge is 0.147 e. The molecule has 6 aromatic rings. The van der Waals surface area contributed by atoms with Gasteiger partial charge in [0.25, 0.3) is 0 Å². The molecular weight excluding hydrogens is 496 g/mol. The minimum Gasteiger partial charge on any atom is -0.811 e. The van der Waals surface area contributed by atoms with Gasteiger partial charge in [0.1, 0.15) is 11.5 Å². The summed E-state index contributed by atoms with van der Waals surface area (Å²) in [5.74, 6) is 0.577. The summed E-state index contributed by atoms with van der Waals surface area (Å²) < 4.78 is 8.48. The van der Waals surface area contributed by atoms with Gasteiger partial charge in [0.2, 0.25) is 0 Å². The number of furan rings is 1. The third kappa shape index (κ3) is 3.45. The van der Waals surface area contributed by atoms with Crippen LogP contribution in [-0.2, 0) is 25.9 Å².